The lowest BCUT2D eigenvalue weighted by Gasteiger charge is -2.37. The van der Waals surface area contributed by atoms with Crippen LogP contribution >= 0.6 is 0 Å². The number of rotatable bonds is 3. The molecular weight excluding hydrogens is 364 g/mol. The first-order chi connectivity index (χ1) is 13.5. The van der Waals surface area contributed by atoms with Gasteiger partial charge < -0.3 is 9.42 Å². The van der Waals surface area contributed by atoms with Crippen LogP contribution in [0.1, 0.15) is 41.9 Å². The first-order valence-corrected chi connectivity index (χ1v) is 9.17. The molecule has 1 aromatic heterocycles. The van der Waals surface area contributed by atoms with Gasteiger partial charge >= 0.3 is 0 Å². The first kappa shape index (κ1) is 18.3. The lowest BCUT2D eigenvalue weighted by Crippen LogP contribution is -2.45. The number of aromatic nitrogens is 2. The van der Waals surface area contributed by atoms with Crippen molar-refractivity contribution >= 4 is 5.91 Å². The van der Waals surface area contributed by atoms with Crippen LogP contribution in [0.4, 0.5) is 8.78 Å². The maximum absolute atomic E-state index is 13.1. The highest BCUT2D eigenvalue weighted by molar-refractivity contribution is 5.94. The Kier molecular flexibility index (Phi) is 4.90. The minimum absolute atomic E-state index is 0.0569. The predicted molar refractivity (Wildman–Crippen MR) is 98.6 cm³/mol. The summed E-state index contributed by atoms with van der Waals surface area (Å²) in [5.74, 6) is -0.0490. The van der Waals surface area contributed by atoms with Gasteiger partial charge in [-0.2, -0.15) is 4.98 Å². The molecule has 0 aliphatic carbocycles. The topological polar surface area (TPSA) is 59.2 Å². The second kappa shape index (κ2) is 7.50. The molecule has 0 bridgehead atoms. The normalized spacial score (nSPS) is 19.6. The number of hydrogen-bond donors (Lipinski definition) is 0. The Morgan fingerprint density at radius 1 is 1.04 bits per heavy atom. The molecule has 5 nitrogen and oxygen atoms in total. The Balaban J connectivity index is 1.52. The van der Waals surface area contributed by atoms with Gasteiger partial charge in [-0.3, -0.25) is 4.79 Å². The average Bonchev–Trinajstić information content (AvgIpc) is 3.19. The van der Waals surface area contributed by atoms with Crippen LogP contribution in [0.15, 0.2) is 53.1 Å². The number of likely N-dealkylation sites (tertiary alicyclic amines) is 1. The Hall–Kier alpha value is -3.09. The van der Waals surface area contributed by atoms with Gasteiger partial charge in [-0.25, -0.2) is 8.78 Å². The van der Waals surface area contributed by atoms with E-state index in [1.807, 2.05) is 6.92 Å². The van der Waals surface area contributed by atoms with Crippen molar-refractivity contribution < 1.29 is 18.1 Å². The maximum Gasteiger partial charge on any atom is 0.257 e. The molecule has 1 saturated heterocycles. The van der Waals surface area contributed by atoms with E-state index in [0.29, 0.717) is 29.4 Å². The van der Waals surface area contributed by atoms with Crippen LogP contribution in [-0.2, 0) is 0 Å². The molecule has 0 N–H and O–H groups in total. The number of amides is 1. The zero-order valence-electron chi connectivity index (χ0n) is 15.3. The van der Waals surface area contributed by atoms with E-state index >= 15 is 0 Å². The van der Waals surface area contributed by atoms with E-state index in [9.17, 15) is 13.6 Å². The minimum atomic E-state index is -0.374. The van der Waals surface area contributed by atoms with Gasteiger partial charge in [0.2, 0.25) is 0 Å². The summed E-state index contributed by atoms with van der Waals surface area (Å²) in [6.45, 7) is 2.46. The van der Waals surface area contributed by atoms with E-state index in [-0.39, 0.29) is 29.5 Å². The van der Waals surface area contributed by atoms with Crippen LogP contribution in [0.2, 0.25) is 0 Å². The second-order valence-electron chi connectivity index (χ2n) is 7.05. The van der Waals surface area contributed by atoms with Crippen LogP contribution in [-0.4, -0.2) is 33.5 Å². The molecule has 1 aliphatic rings. The smallest absolute Gasteiger partial charge is 0.257 e. The van der Waals surface area contributed by atoms with Crippen LogP contribution in [0, 0.1) is 11.6 Å². The second-order valence-corrected chi connectivity index (χ2v) is 7.05. The third kappa shape index (κ3) is 3.65. The molecule has 1 amide bonds. The lowest BCUT2D eigenvalue weighted by molar-refractivity contribution is 0.0604. The summed E-state index contributed by atoms with van der Waals surface area (Å²) in [5.41, 5.74) is 1.09. The largest absolute Gasteiger partial charge is 0.335 e. The van der Waals surface area contributed by atoms with E-state index in [1.54, 1.807) is 17.0 Å². The summed E-state index contributed by atoms with van der Waals surface area (Å²) in [6.07, 6.45) is 1.63. The lowest BCUT2D eigenvalue weighted by atomic mass is 9.92. The van der Waals surface area contributed by atoms with E-state index in [4.69, 9.17) is 4.52 Å². The Morgan fingerprint density at radius 2 is 1.68 bits per heavy atom. The molecule has 28 heavy (non-hydrogen) atoms. The molecule has 4 rings (SSSR count). The first-order valence-electron chi connectivity index (χ1n) is 9.17. The average molecular weight is 383 g/mol. The molecule has 3 aromatic rings. The minimum Gasteiger partial charge on any atom is -0.335 e. The van der Waals surface area contributed by atoms with Crippen molar-refractivity contribution in [1.29, 1.82) is 0 Å². The summed E-state index contributed by atoms with van der Waals surface area (Å²) < 4.78 is 31.6. The van der Waals surface area contributed by atoms with Crippen molar-refractivity contribution in [3.63, 3.8) is 0 Å². The number of halogens is 2. The highest BCUT2D eigenvalue weighted by Crippen LogP contribution is 2.31. The van der Waals surface area contributed by atoms with Crippen molar-refractivity contribution in [3.05, 3.63) is 71.6 Å². The molecule has 144 valence electrons. The summed E-state index contributed by atoms with van der Waals surface area (Å²) in [6, 6.07) is 11.5. The highest BCUT2D eigenvalue weighted by Gasteiger charge is 2.32. The summed E-state index contributed by atoms with van der Waals surface area (Å²) in [5, 5.41) is 4.07. The van der Waals surface area contributed by atoms with Crippen molar-refractivity contribution in [2.24, 2.45) is 0 Å². The zero-order chi connectivity index (χ0) is 19.7. The van der Waals surface area contributed by atoms with Gasteiger partial charge in [-0.1, -0.05) is 5.16 Å². The molecule has 7 heteroatoms. The Morgan fingerprint density at radius 3 is 2.36 bits per heavy atom. The molecule has 1 fully saturated rings. The van der Waals surface area contributed by atoms with Gasteiger partial charge in [0.1, 0.15) is 11.6 Å². The van der Waals surface area contributed by atoms with E-state index in [1.165, 1.54) is 36.4 Å². The Bertz CT molecular complexity index is 970. The molecule has 0 spiro atoms. The third-order valence-electron chi connectivity index (χ3n) is 5.13. The molecular formula is C21H19F2N3O2. The molecule has 2 heterocycles. The number of hydrogen-bond acceptors (Lipinski definition) is 4. The highest BCUT2D eigenvalue weighted by atomic mass is 19.1. The maximum atomic E-state index is 13.1. The fourth-order valence-corrected chi connectivity index (χ4v) is 3.47. The predicted octanol–water partition coefficient (Wildman–Crippen LogP) is 4.42. The number of nitrogens with zero attached hydrogens (tertiary/aromatic N) is 3. The van der Waals surface area contributed by atoms with Crippen LogP contribution in [0.3, 0.4) is 0 Å². The molecule has 1 aliphatic heterocycles. The number of carbonyl (C=O) groups is 1. The SMILES string of the molecule is CC1CCC(c2noc(-c3ccc(F)cc3)n2)CN1C(=O)c1ccc(F)cc1. The Labute approximate surface area is 161 Å². The van der Waals surface area contributed by atoms with Gasteiger partial charge in [0.05, 0.1) is 0 Å². The zero-order valence-corrected chi connectivity index (χ0v) is 15.3. The summed E-state index contributed by atoms with van der Waals surface area (Å²) >= 11 is 0. The summed E-state index contributed by atoms with van der Waals surface area (Å²) in [4.78, 5) is 19.1. The fraction of sp³-hybridized carbons (Fsp3) is 0.286. The third-order valence-corrected chi connectivity index (χ3v) is 5.13. The number of piperidine rings is 1. The van der Waals surface area contributed by atoms with E-state index < -0.39 is 0 Å². The van der Waals surface area contributed by atoms with Crippen molar-refractivity contribution in [1.82, 2.24) is 15.0 Å². The van der Waals surface area contributed by atoms with Gasteiger partial charge in [-0.05, 0) is 68.3 Å². The number of benzene rings is 2. The van der Waals surface area contributed by atoms with Gasteiger partial charge in [0.25, 0.3) is 11.8 Å². The van der Waals surface area contributed by atoms with E-state index in [2.05, 4.69) is 10.1 Å². The monoisotopic (exact) mass is 383 g/mol. The number of carbonyl (C=O) groups excluding carboxylic acids is 1. The van der Waals surface area contributed by atoms with Crippen LogP contribution in [0.25, 0.3) is 11.5 Å². The van der Waals surface area contributed by atoms with Gasteiger partial charge in [0.15, 0.2) is 5.82 Å². The van der Waals surface area contributed by atoms with Crippen LogP contribution in [0.5, 0.6) is 0 Å². The van der Waals surface area contributed by atoms with Crippen molar-refractivity contribution in [2.45, 2.75) is 31.7 Å². The molecule has 2 aromatic carbocycles. The van der Waals surface area contributed by atoms with Gasteiger partial charge in [-0.15, -0.1) is 0 Å². The van der Waals surface area contributed by atoms with Crippen molar-refractivity contribution in [2.75, 3.05) is 6.54 Å². The molecule has 2 unspecified atom stereocenters. The molecule has 2 atom stereocenters. The van der Waals surface area contributed by atoms with Crippen LogP contribution < -0.4 is 0 Å². The van der Waals surface area contributed by atoms with E-state index in [0.717, 1.165) is 12.8 Å². The quantitative estimate of drug-likeness (QED) is 0.672. The van der Waals surface area contributed by atoms with Gasteiger partial charge in [0, 0.05) is 29.6 Å². The fourth-order valence-electron chi connectivity index (χ4n) is 3.47. The van der Waals surface area contributed by atoms with Crippen molar-refractivity contribution in [3.8, 4) is 11.5 Å². The standard InChI is InChI=1S/C21H19F2N3O2/c1-13-2-3-16(12-26(13)21(27)15-6-10-18(23)11-7-15)19-24-20(28-25-19)14-4-8-17(22)9-5-14/h4-11,13,16H,2-3,12H2,1H3. The summed E-state index contributed by atoms with van der Waals surface area (Å²) in [7, 11) is 0. The molecule has 0 radical (unpaired) electrons. The molecule has 0 saturated carbocycles.